The van der Waals surface area contributed by atoms with Crippen LogP contribution >= 0.6 is 0 Å². The summed E-state index contributed by atoms with van der Waals surface area (Å²) in [5.74, 6) is -0.280. The quantitative estimate of drug-likeness (QED) is 0.861. The number of carbonyl (C=O) groups is 1. The predicted molar refractivity (Wildman–Crippen MR) is 92.5 cm³/mol. The van der Waals surface area contributed by atoms with Gasteiger partial charge in [-0.15, -0.1) is 0 Å². The minimum Gasteiger partial charge on any atom is -0.312 e. The maximum Gasteiger partial charge on any atom is 0.243 e. The lowest BCUT2D eigenvalue weighted by Gasteiger charge is -2.31. The Morgan fingerprint density at radius 2 is 1.75 bits per heavy atom. The van der Waals surface area contributed by atoms with Crippen molar-refractivity contribution in [2.45, 2.75) is 17.9 Å². The van der Waals surface area contributed by atoms with Crippen LogP contribution in [-0.2, 0) is 10.0 Å². The zero-order chi connectivity index (χ0) is 17.2. The SMILES string of the molecule is CC1CN(S(=O)(=O)c2ccccc2C(=O)c2ccccc2)CCN1. The van der Waals surface area contributed by atoms with Gasteiger partial charge in [-0.25, -0.2) is 8.42 Å². The van der Waals surface area contributed by atoms with E-state index in [-0.39, 0.29) is 22.3 Å². The molecule has 126 valence electrons. The molecular formula is C18H20N2O3S. The summed E-state index contributed by atoms with van der Waals surface area (Å²) >= 11 is 0. The van der Waals surface area contributed by atoms with Crippen molar-refractivity contribution in [1.29, 1.82) is 0 Å². The normalized spacial score (nSPS) is 19.1. The molecule has 0 aromatic heterocycles. The molecular weight excluding hydrogens is 324 g/mol. The lowest BCUT2D eigenvalue weighted by Crippen LogP contribution is -2.51. The van der Waals surface area contributed by atoms with E-state index in [4.69, 9.17) is 0 Å². The first-order chi connectivity index (χ1) is 11.5. The van der Waals surface area contributed by atoms with E-state index in [1.165, 1.54) is 10.4 Å². The third-order valence-electron chi connectivity index (χ3n) is 4.12. The van der Waals surface area contributed by atoms with Crippen molar-refractivity contribution in [3.8, 4) is 0 Å². The maximum atomic E-state index is 13.0. The van der Waals surface area contributed by atoms with Gasteiger partial charge in [-0.05, 0) is 19.1 Å². The second-order valence-corrected chi connectivity index (χ2v) is 7.82. The van der Waals surface area contributed by atoms with Crippen LogP contribution in [0.15, 0.2) is 59.5 Å². The van der Waals surface area contributed by atoms with E-state index in [1.807, 2.05) is 13.0 Å². The first-order valence-electron chi connectivity index (χ1n) is 7.92. The van der Waals surface area contributed by atoms with E-state index in [2.05, 4.69) is 5.32 Å². The van der Waals surface area contributed by atoms with Crippen molar-refractivity contribution >= 4 is 15.8 Å². The summed E-state index contributed by atoms with van der Waals surface area (Å²) in [6.07, 6.45) is 0. The van der Waals surface area contributed by atoms with Gasteiger partial charge >= 0.3 is 0 Å². The molecule has 1 atom stereocenters. The van der Waals surface area contributed by atoms with Gasteiger partial charge in [-0.3, -0.25) is 4.79 Å². The van der Waals surface area contributed by atoms with Crippen molar-refractivity contribution in [2.24, 2.45) is 0 Å². The van der Waals surface area contributed by atoms with E-state index >= 15 is 0 Å². The fourth-order valence-corrected chi connectivity index (χ4v) is 4.60. The van der Waals surface area contributed by atoms with Crippen molar-refractivity contribution in [2.75, 3.05) is 19.6 Å². The number of nitrogens with zero attached hydrogens (tertiary/aromatic N) is 1. The molecule has 0 aliphatic carbocycles. The van der Waals surface area contributed by atoms with Gasteiger partial charge in [0, 0.05) is 36.8 Å². The van der Waals surface area contributed by atoms with Crippen LogP contribution in [0.4, 0.5) is 0 Å². The molecule has 0 radical (unpaired) electrons. The molecule has 3 rings (SSSR count). The smallest absolute Gasteiger partial charge is 0.243 e. The molecule has 1 unspecified atom stereocenters. The van der Waals surface area contributed by atoms with Crippen molar-refractivity contribution < 1.29 is 13.2 Å². The summed E-state index contributed by atoms with van der Waals surface area (Å²) in [4.78, 5) is 12.8. The van der Waals surface area contributed by atoms with Crippen LogP contribution in [0.3, 0.4) is 0 Å². The van der Waals surface area contributed by atoms with Gasteiger partial charge in [-0.2, -0.15) is 4.31 Å². The highest BCUT2D eigenvalue weighted by Crippen LogP contribution is 2.23. The van der Waals surface area contributed by atoms with E-state index in [1.54, 1.807) is 42.5 Å². The fourth-order valence-electron chi connectivity index (χ4n) is 2.88. The molecule has 2 aromatic rings. The third-order valence-corrected chi connectivity index (χ3v) is 6.04. The zero-order valence-corrected chi connectivity index (χ0v) is 14.3. The average Bonchev–Trinajstić information content (AvgIpc) is 2.62. The Morgan fingerprint density at radius 3 is 2.46 bits per heavy atom. The highest BCUT2D eigenvalue weighted by Gasteiger charge is 2.31. The molecule has 0 saturated carbocycles. The standard InChI is InChI=1S/C18H20N2O3S/c1-14-13-20(12-11-19-14)24(22,23)17-10-6-5-9-16(17)18(21)15-7-3-2-4-8-15/h2-10,14,19H,11-13H2,1H3. The number of carbonyl (C=O) groups excluding carboxylic acids is 1. The first kappa shape index (κ1) is 16.8. The van der Waals surface area contributed by atoms with Crippen LogP contribution in [-0.4, -0.2) is 44.2 Å². The summed E-state index contributed by atoms with van der Waals surface area (Å²) in [7, 11) is -3.71. The molecule has 1 aliphatic rings. The predicted octanol–water partition coefficient (Wildman–Crippen LogP) is 1.90. The third kappa shape index (κ3) is 3.26. The molecule has 0 spiro atoms. The lowest BCUT2D eigenvalue weighted by atomic mass is 10.0. The van der Waals surface area contributed by atoms with E-state index < -0.39 is 10.0 Å². The van der Waals surface area contributed by atoms with Crippen molar-refractivity contribution in [3.63, 3.8) is 0 Å². The molecule has 1 fully saturated rings. The summed E-state index contributed by atoms with van der Waals surface area (Å²) in [5.41, 5.74) is 0.698. The van der Waals surface area contributed by atoms with Gasteiger partial charge in [0.1, 0.15) is 0 Å². The number of hydrogen-bond acceptors (Lipinski definition) is 4. The Balaban J connectivity index is 2.01. The second-order valence-electron chi connectivity index (χ2n) is 5.91. The molecule has 1 N–H and O–H groups in total. The van der Waals surface area contributed by atoms with E-state index in [0.717, 1.165) is 0 Å². The van der Waals surface area contributed by atoms with Gasteiger partial charge in [0.15, 0.2) is 5.78 Å². The number of rotatable bonds is 4. The minimum atomic E-state index is -3.71. The number of piperazine rings is 1. The summed E-state index contributed by atoms with van der Waals surface area (Å²) < 4.78 is 27.5. The Kier molecular flexibility index (Phi) is 4.80. The number of hydrogen-bond donors (Lipinski definition) is 1. The summed E-state index contributed by atoms with van der Waals surface area (Å²) in [5, 5.41) is 3.23. The second kappa shape index (κ2) is 6.84. The fraction of sp³-hybridized carbons (Fsp3) is 0.278. The van der Waals surface area contributed by atoms with E-state index in [9.17, 15) is 13.2 Å². The monoisotopic (exact) mass is 344 g/mol. The van der Waals surface area contributed by atoms with Crippen LogP contribution in [0.1, 0.15) is 22.8 Å². The molecule has 24 heavy (non-hydrogen) atoms. The first-order valence-corrected chi connectivity index (χ1v) is 9.36. The van der Waals surface area contributed by atoms with Gasteiger partial charge < -0.3 is 5.32 Å². The average molecular weight is 344 g/mol. The molecule has 1 saturated heterocycles. The Labute approximate surface area is 142 Å². The topological polar surface area (TPSA) is 66.5 Å². The van der Waals surface area contributed by atoms with Crippen LogP contribution in [0, 0.1) is 0 Å². The number of sulfonamides is 1. The Morgan fingerprint density at radius 1 is 1.08 bits per heavy atom. The number of nitrogens with one attached hydrogen (secondary N) is 1. The van der Waals surface area contributed by atoms with Gasteiger partial charge in [0.05, 0.1) is 4.90 Å². The molecule has 1 aliphatic heterocycles. The Hall–Kier alpha value is -2.02. The summed E-state index contributed by atoms with van der Waals surface area (Å²) in [6.45, 7) is 3.36. The molecule has 0 bridgehead atoms. The van der Waals surface area contributed by atoms with Crippen LogP contribution in [0.2, 0.25) is 0 Å². The van der Waals surface area contributed by atoms with Crippen molar-refractivity contribution in [3.05, 3.63) is 65.7 Å². The largest absolute Gasteiger partial charge is 0.312 e. The zero-order valence-electron chi connectivity index (χ0n) is 13.5. The maximum absolute atomic E-state index is 13.0. The highest BCUT2D eigenvalue weighted by molar-refractivity contribution is 7.89. The van der Waals surface area contributed by atoms with Gasteiger partial charge in [0.2, 0.25) is 10.0 Å². The number of benzene rings is 2. The minimum absolute atomic E-state index is 0.0768. The lowest BCUT2D eigenvalue weighted by molar-refractivity contribution is 0.103. The van der Waals surface area contributed by atoms with Crippen LogP contribution in [0.5, 0.6) is 0 Å². The highest BCUT2D eigenvalue weighted by atomic mass is 32.2. The molecule has 1 heterocycles. The molecule has 5 nitrogen and oxygen atoms in total. The van der Waals surface area contributed by atoms with Gasteiger partial charge in [0.25, 0.3) is 0 Å². The Bertz CT molecular complexity index is 834. The van der Waals surface area contributed by atoms with Crippen LogP contribution in [0.25, 0.3) is 0 Å². The molecule has 6 heteroatoms. The number of ketones is 1. The van der Waals surface area contributed by atoms with Crippen LogP contribution < -0.4 is 5.32 Å². The summed E-state index contributed by atoms with van der Waals surface area (Å²) in [6, 6.07) is 15.3. The molecule has 0 amide bonds. The van der Waals surface area contributed by atoms with Gasteiger partial charge in [-0.1, -0.05) is 42.5 Å². The van der Waals surface area contributed by atoms with Crippen molar-refractivity contribution in [1.82, 2.24) is 9.62 Å². The molecule has 2 aromatic carbocycles. The van der Waals surface area contributed by atoms with E-state index in [0.29, 0.717) is 25.2 Å².